The van der Waals surface area contributed by atoms with Crippen molar-refractivity contribution >= 4 is 23.7 Å². The van der Waals surface area contributed by atoms with E-state index in [1.54, 1.807) is 31.2 Å². The lowest BCUT2D eigenvalue weighted by atomic mass is 9.59. The molecular formula is C29H32O7. The van der Waals surface area contributed by atoms with Crippen molar-refractivity contribution < 1.29 is 33.4 Å². The Hall–Kier alpha value is -3.48. The van der Waals surface area contributed by atoms with E-state index in [0.29, 0.717) is 30.4 Å². The Morgan fingerprint density at radius 2 is 1.75 bits per heavy atom. The predicted molar refractivity (Wildman–Crippen MR) is 132 cm³/mol. The van der Waals surface area contributed by atoms with E-state index in [0.717, 1.165) is 16.7 Å². The summed E-state index contributed by atoms with van der Waals surface area (Å²) in [5, 5.41) is 0. The second-order valence-electron chi connectivity index (χ2n) is 10.2. The van der Waals surface area contributed by atoms with Crippen molar-refractivity contribution in [3.05, 3.63) is 70.3 Å². The molecule has 2 aliphatic carbocycles. The average Bonchev–Trinajstić information content (AvgIpc) is 3.09. The number of allylic oxidation sites excluding steroid dienone is 2. The van der Waals surface area contributed by atoms with Crippen molar-refractivity contribution in [3.8, 4) is 0 Å². The molecule has 190 valence electrons. The highest BCUT2D eigenvalue weighted by Crippen LogP contribution is 2.51. The van der Waals surface area contributed by atoms with E-state index in [4.69, 9.17) is 14.2 Å². The molecule has 0 bridgehead atoms. The third-order valence-electron chi connectivity index (χ3n) is 7.76. The van der Waals surface area contributed by atoms with Gasteiger partial charge in [0.15, 0.2) is 11.9 Å². The lowest BCUT2D eigenvalue weighted by Gasteiger charge is -2.49. The lowest BCUT2D eigenvalue weighted by Crippen LogP contribution is -2.57. The van der Waals surface area contributed by atoms with Crippen molar-refractivity contribution in [2.24, 2.45) is 11.3 Å². The third kappa shape index (κ3) is 4.66. The summed E-state index contributed by atoms with van der Waals surface area (Å²) in [7, 11) is 0. The van der Waals surface area contributed by atoms with E-state index in [2.05, 4.69) is 0 Å². The zero-order chi connectivity index (χ0) is 26.2. The van der Waals surface area contributed by atoms with Gasteiger partial charge in [-0.15, -0.1) is 0 Å². The minimum Gasteiger partial charge on any atom is -0.458 e. The lowest BCUT2D eigenvalue weighted by molar-refractivity contribution is -0.172. The van der Waals surface area contributed by atoms with Gasteiger partial charge in [0.25, 0.3) is 0 Å². The van der Waals surface area contributed by atoms with E-state index in [1.807, 2.05) is 32.9 Å². The molecule has 0 aromatic heterocycles. The zero-order valence-electron chi connectivity index (χ0n) is 21.3. The molecule has 1 heterocycles. The van der Waals surface area contributed by atoms with Crippen LogP contribution in [0.25, 0.3) is 0 Å². The maximum absolute atomic E-state index is 13.3. The Morgan fingerprint density at radius 1 is 1.06 bits per heavy atom. The number of ketones is 1. The van der Waals surface area contributed by atoms with Gasteiger partial charge in [0.2, 0.25) is 0 Å². The first-order chi connectivity index (χ1) is 17.0. The maximum Gasteiger partial charge on any atom is 0.338 e. The third-order valence-corrected chi connectivity index (χ3v) is 7.76. The molecule has 0 saturated carbocycles. The number of esters is 3. The largest absolute Gasteiger partial charge is 0.458 e. The minimum absolute atomic E-state index is 0.340. The summed E-state index contributed by atoms with van der Waals surface area (Å²) in [5.74, 6) is -2.14. The van der Waals surface area contributed by atoms with Crippen molar-refractivity contribution in [2.75, 3.05) is 0 Å². The number of hydrogen-bond acceptors (Lipinski definition) is 7. The van der Waals surface area contributed by atoms with E-state index >= 15 is 0 Å². The van der Waals surface area contributed by atoms with Crippen LogP contribution in [0.1, 0.15) is 64.2 Å². The maximum atomic E-state index is 13.3. The van der Waals surface area contributed by atoms with Gasteiger partial charge in [-0.1, -0.05) is 36.3 Å². The first-order valence-corrected chi connectivity index (χ1v) is 12.3. The highest BCUT2D eigenvalue weighted by Gasteiger charge is 2.57. The number of carbonyl (C=O) groups is 4. The fourth-order valence-corrected chi connectivity index (χ4v) is 5.72. The number of benzene rings is 1. The van der Waals surface area contributed by atoms with Crippen LogP contribution in [-0.4, -0.2) is 42.0 Å². The summed E-state index contributed by atoms with van der Waals surface area (Å²) in [6.45, 7) is 8.66. The molecule has 5 atom stereocenters. The summed E-state index contributed by atoms with van der Waals surface area (Å²) in [6.07, 6.45) is 2.43. The molecule has 0 fully saturated rings. The van der Waals surface area contributed by atoms with E-state index < -0.39 is 35.7 Å². The number of fused-ring (bicyclic) bond motifs is 2. The normalized spacial score (nSPS) is 31.8. The molecule has 1 aromatic carbocycles. The summed E-state index contributed by atoms with van der Waals surface area (Å²) in [4.78, 5) is 51.1. The molecule has 4 rings (SSSR count). The Morgan fingerprint density at radius 3 is 2.42 bits per heavy atom. The van der Waals surface area contributed by atoms with Crippen LogP contribution in [0.3, 0.4) is 0 Å². The van der Waals surface area contributed by atoms with Gasteiger partial charge in [0.1, 0.15) is 12.2 Å². The van der Waals surface area contributed by atoms with Crippen LogP contribution < -0.4 is 0 Å². The molecule has 0 saturated heterocycles. The standard InChI is InChI=1S/C29H32O7/c1-16-11-12-25(36-28(33)20-9-7-6-8-10-20)29(5)22(15-21-18(3)27(32)35-24(21)13-16)17(2)14-23(31)26(29)34-19(4)30/h6-10,13-14,22,24-26H,11-12,15H2,1-5H3/b16-13-/t22?,24-,25+,26-,29-/m0/s1. The highest BCUT2D eigenvalue weighted by atomic mass is 16.6. The molecule has 0 spiro atoms. The fraction of sp³-hybridized carbons (Fsp3) is 0.448. The van der Waals surface area contributed by atoms with Crippen molar-refractivity contribution in [3.63, 3.8) is 0 Å². The van der Waals surface area contributed by atoms with Gasteiger partial charge in [-0.05, 0) is 75.8 Å². The molecule has 1 aromatic rings. The molecule has 36 heavy (non-hydrogen) atoms. The van der Waals surface area contributed by atoms with Crippen LogP contribution in [0.4, 0.5) is 0 Å². The molecule has 1 unspecified atom stereocenters. The molecule has 0 N–H and O–H groups in total. The summed E-state index contributed by atoms with van der Waals surface area (Å²) >= 11 is 0. The average molecular weight is 493 g/mol. The van der Waals surface area contributed by atoms with Crippen LogP contribution in [0.2, 0.25) is 0 Å². The van der Waals surface area contributed by atoms with E-state index in [9.17, 15) is 19.2 Å². The van der Waals surface area contributed by atoms with Gasteiger partial charge in [-0.25, -0.2) is 9.59 Å². The van der Waals surface area contributed by atoms with Gasteiger partial charge < -0.3 is 14.2 Å². The van der Waals surface area contributed by atoms with Crippen LogP contribution in [0.15, 0.2) is 64.8 Å². The van der Waals surface area contributed by atoms with Crippen LogP contribution in [0.5, 0.6) is 0 Å². The molecule has 1 aliphatic heterocycles. The van der Waals surface area contributed by atoms with Gasteiger partial charge in [-0.3, -0.25) is 9.59 Å². The van der Waals surface area contributed by atoms with Gasteiger partial charge in [-0.2, -0.15) is 0 Å². The number of hydrogen-bond donors (Lipinski definition) is 0. The highest BCUT2D eigenvalue weighted by molar-refractivity contribution is 5.97. The topological polar surface area (TPSA) is 96.0 Å². The van der Waals surface area contributed by atoms with Crippen molar-refractivity contribution in [1.29, 1.82) is 0 Å². The Bertz CT molecular complexity index is 1190. The quantitative estimate of drug-likeness (QED) is 0.344. The minimum atomic E-state index is -1.14. The van der Waals surface area contributed by atoms with Gasteiger partial charge in [0, 0.05) is 12.5 Å². The van der Waals surface area contributed by atoms with Crippen molar-refractivity contribution in [1.82, 2.24) is 0 Å². The first-order valence-electron chi connectivity index (χ1n) is 12.3. The number of rotatable bonds is 3. The SMILES string of the molecule is CC(=O)O[C@H]1C(=O)C=C(C)C2CC3=C(C)C(=O)O[C@H]3/C=C(/C)CC[C@@H](OC(=O)c3ccccc3)[C@]21C. The number of ether oxygens (including phenoxy) is 3. The second-order valence-corrected chi connectivity index (χ2v) is 10.2. The van der Waals surface area contributed by atoms with E-state index in [1.165, 1.54) is 13.0 Å². The molecule has 7 heteroatoms. The summed E-state index contributed by atoms with van der Waals surface area (Å²) in [6, 6.07) is 8.68. The second kappa shape index (κ2) is 9.88. The van der Waals surface area contributed by atoms with E-state index in [-0.39, 0.29) is 17.7 Å². The first kappa shape index (κ1) is 25.6. The zero-order valence-corrected chi connectivity index (χ0v) is 21.3. The summed E-state index contributed by atoms with van der Waals surface area (Å²) in [5.41, 5.74) is 2.45. The molecule has 7 nitrogen and oxygen atoms in total. The molecular weight excluding hydrogens is 460 g/mol. The monoisotopic (exact) mass is 492 g/mol. The summed E-state index contributed by atoms with van der Waals surface area (Å²) < 4.78 is 17.4. The van der Waals surface area contributed by atoms with Crippen LogP contribution in [-0.2, 0) is 28.6 Å². The molecule has 3 aliphatic rings. The van der Waals surface area contributed by atoms with Gasteiger partial charge in [0.05, 0.1) is 11.0 Å². The van der Waals surface area contributed by atoms with Crippen LogP contribution >= 0.6 is 0 Å². The number of carbonyl (C=O) groups excluding carboxylic acids is 4. The molecule has 0 radical (unpaired) electrons. The van der Waals surface area contributed by atoms with Gasteiger partial charge >= 0.3 is 17.9 Å². The predicted octanol–water partition coefficient (Wildman–Crippen LogP) is 4.67. The van der Waals surface area contributed by atoms with Crippen LogP contribution in [0, 0.1) is 11.3 Å². The molecule has 0 amide bonds. The Balaban J connectivity index is 1.86. The fourth-order valence-electron chi connectivity index (χ4n) is 5.72. The smallest absolute Gasteiger partial charge is 0.338 e. The Kier molecular flexibility index (Phi) is 7.03. The van der Waals surface area contributed by atoms with Crippen molar-refractivity contribution in [2.45, 2.75) is 72.2 Å². The Labute approximate surface area is 211 Å².